The van der Waals surface area contributed by atoms with Crippen LogP contribution in [0.5, 0.6) is 0 Å². The Labute approximate surface area is 112 Å². The first-order valence-corrected chi connectivity index (χ1v) is 6.34. The Balaban J connectivity index is 2.39. The summed E-state index contributed by atoms with van der Waals surface area (Å²) in [5.41, 5.74) is 7.19. The first-order valence-electron chi connectivity index (χ1n) is 6.34. The first kappa shape index (κ1) is 11.7. The minimum atomic E-state index is -0.237. The third kappa shape index (κ3) is 1.95. The van der Waals surface area contributed by atoms with E-state index in [0.717, 1.165) is 10.9 Å². The normalized spacial score (nSPS) is 12.4. The zero-order valence-electron chi connectivity index (χ0n) is 10.5. The molecule has 19 heavy (non-hydrogen) atoms. The second-order valence-electron chi connectivity index (χ2n) is 4.70. The number of hydrogen-bond acceptors (Lipinski definition) is 2. The topological polar surface area (TPSA) is 49.8 Å². The molecule has 0 amide bonds. The van der Waals surface area contributed by atoms with Gasteiger partial charge in [-0.15, -0.1) is 0 Å². The molecule has 0 radical (unpaired) electrons. The first-order chi connectivity index (χ1) is 9.31. The lowest BCUT2D eigenvalue weighted by Crippen LogP contribution is -2.09. The minimum absolute atomic E-state index is 0.237. The fraction of sp³-hybridized carbons (Fsp3) is 0.118. The number of nitriles is 1. The molecular weight excluding hydrogens is 232 g/mol. The summed E-state index contributed by atoms with van der Waals surface area (Å²) in [7, 11) is 0. The summed E-state index contributed by atoms with van der Waals surface area (Å²) in [4.78, 5) is 0. The van der Waals surface area contributed by atoms with E-state index in [1.807, 2.05) is 24.3 Å². The molecule has 3 rings (SSSR count). The maximum absolute atomic E-state index is 8.85. The zero-order chi connectivity index (χ0) is 13.2. The number of rotatable bonds is 2. The van der Waals surface area contributed by atoms with E-state index in [1.165, 1.54) is 16.2 Å². The quantitative estimate of drug-likeness (QED) is 0.697. The molecule has 0 bridgehead atoms. The molecule has 0 heterocycles. The third-order valence-corrected chi connectivity index (χ3v) is 3.51. The van der Waals surface area contributed by atoms with Gasteiger partial charge in [-0.25, -0.2) is 0 Å². The number of nitrogens with two attached hydrogens (primary N) is 1. The van der Waals surface area contributed by atoms with Crippen LogP contribution in [0.1, 0.15) is 18.0 Å². The van der Waals surface area contributed by atoms with Crippen molar-refractivity contribution in [1.82, 2.24) is 0 Å². The lowest BCUT2D eigenvalue weighted by Gasteiger charge is -2.14. The molecule has 0 aromatic heterocycles. The molecule has 0 saturated heterocycles. The van der Waals surface area contributed by atoms with Gasteiger partial charge in [-0.2, -0.15) is 5.26 Å². The molecule has 0 fully saturated rings. The Morgan fingerprint density at radius 3 is 2.32 bits per heavy atom. The van der Waals surface area contributed by atoms with Gasteiger partial charge in [-0.1, -0.05) is 48.5 Å². The van der Waals surface area contributed by atoms with Crippen LogP contribution in [0.3, 0.4) is 0 Å². The van der Waals surface area contributed by atoms with Gasteiger partial charge in [0.2, 0.25) is 0 Å². The molecule has 0 aliphatic carbocycles. The molecule has 2 heteroatoms. The van der Waals surface area contributed by atoms with Gasteiger partial charge < -0.3 is 5.73 Å². The molecule has 3 aromatic carbocycles. The van der Waals surface area contributed by atoms with E-state index in [4.69, 9.17) is 11.0 Å². The largest absolute Gasteiger partial charge is 0.323 e. The van der Waals surface area contributed by atoms with Crippen molar-refractivity contribution in [1.29, 1.82) is 5.26 Å². The second-order valence-corrected chi connectivity index (χ2v) is 4.70. The Morgan fingerprint density at radius 2 is 1.58 bits per heavy atom. The lowest BCUT2D eigenvalue weighted by molar-refractivity contribution is 0.756. The van der Waals surface area contributed by atoms with Gasteiger partial charge in [0.05, 0.1) is 12.5 Å². The van der Waals surface area contributed by atoms with Crippen LogP contribution < -0.4 is 5.73 Å². The summed E-state index contributed by atoms with van der Waals surface area (Å²) >= 11 is 0. The van der Waals surface area contributed by atoms with Crippen molar-refractivity contribution in [3.05, 3.63) is 60.2 Å². The van der Waals surface area contributed by atoms with E-state index >= 15 is 0 Å². The summed E-state index contributed by atoms with van der Waals surface area (Å²) in [6.07, 6.45) is 0.336. The summed E-state index contributed by atoms with van der Waals surface area (Å²) < 4.78 is 0. The predicted octanol–water partition coefficient (Wildman–Crippen LogP) is 3.91. The average Bonchev–Trinajstić information content (AvgIpc) is 2.46. The van der Waals surface area contributed by atoms with Crippen molar-refractivity contribution in [3.63, 3.8) is 0 Å². The minimum Gasteiger partial charge on any atom is -0.323 e. The Morgan fingerprint density at radius 1 is 0.947 bits per heavy atom. The van der Waals surface area contributed by atoms with Crippen LogP contribution >= 0.6 is 0 Å². The molecular formula is C17H14N2. The Hall–Kier alpha value is -2.37. The smallest absolute Gasteiger partial charge is 0.0641 e. The van der Waals surface area contributed by atoms with E-state index in [9.17, 15) is 0 Å². The monoisotopic (exact) mass is 246 g/mol. The highest BCUT2D eigenvalue weighted by Crippen LogP contribution is 2.31. The molecule has 0 aliphatic rings. The Kier molecular flexibility index (Phi) is 2.91. The van der Waals surface area contributed by atoms with E-state index in [0.29, 0.717) is 6.42 Å². The molecule has 3 aromatic rings. The molecule has 0 spiro atoms. The van der Waals surface area contributed by atoms with Crippen LogP contribution in [-0.4, -0.2) is 0 Å². The molecule has 0 unspecified atom stereocenters. The van der Waals surface area contributed by atoms with Gasteiger partial charge >= 0.3 is 0 Å². The summed E-state index contributed by atoms with van der Waals surface area (Å²) in [5.74, 6) is 0. The van der Waals surface area contributed by atoms with E-state index in [-0.39, 0.29) is 6.04 Å². The fourth-order valence-corrected chi connectivity index (χ4v) is 2.60. The number of nitrogens with zero attached hydrogens (tertiary/aromatic N) is 1. The summed E-state index contributed by atoms with van der Waals surface area (Å²) in [6, 6.07) is 20.5. The number of fused-ring (bicyclic) bond motifs is 3. The van der Waals surface area contributed by atoms with Gasteiger partial charge in [0, 0.05) is 6.04 Å². The molecule has 1 atom stereocenters. The van der Waals surface area contributed by atoms with Crippen molar-refractivity contribution in [2.24, 2.45) is 5.73 Å². The van der Waals surface area contributed by atoms with Crippen LogP contribution in [0.4, 0.5) is 0 Å². The van der Waals surface area contributed by atoms with Crippen LogP contribution in [0.2, 0.25) is 0 Å². The predicted molar refractivity (Wildman–Crippen MR) is 78.6 cm³/mol. The van der Waals surface area contributed by atoms with Crippen molar-refractivity contribution < 1.29 is 0 Å². The van der Waals surface area contributed by atoms with Crippen LogP contribution in [0, 0.1) is 11.3 Å². The molecule has 92 valence electrons. The van der Waals surface area contributed by atoms with E-state index in [1.54, 1.807) is 0 Å². The average molecular weight is 246 g/mol. The zero-order valence-corrected chi connectivity index (χ0v) is 10.5. The van der Waals surface area contributed by atoms with Gasteiger partial charge in [0.15, 0.2) is 0 Å². The Bertz CT molecular complexity index is 784. The molecule has 2 N–H and O–H groups in total. The van der Waals surface area contributed by atoms with Crippen molar-refractivity contribution >= 4 is 21.5 Å². The van der Waals surface area contributed by atoms with Gasteiger partial charge in [-0.05, 0) is 33.2 Å². The summed E-state index contributed by atoms with van der Waals surface area (Å²) in [5, 5.41) is 13.6. The lowest BCUT2D eigenvalue weighted by atomic mass is 9.93. The molecule has 2 nitrogen and oxygen atoms in total. The summed E-state index contributed by atoms with van der Waals surface area (Å²) in [6.45, 7) is 0. The standard InChI is InChI=1S/C17H14N2/c18-10-9-17(19)16-11-12-5-1-2-6-13(12)14-7-3-4-8-15(14)16/h1-8,11,17H,9,19H2/t17-/m0/s1. The highest BCUT2D eigenvalue weighted by atomic mass is 14.6. The van der Waals surface area contributed by atoms with E-state index in [2.05, 4.69) is 36.4 Å². The van der Waals surface area contributed by atoms with E-state index < -0.39 is 0 Å². The number of benzene rings is 3. The van der Waals surface area contributed by atoms with Crippen molar-refractivity contribution in [3.8, 4) is 6.07 Å². The SMILES string of the molecule is N#CC[C@H](N)c1cc2ccccc2c2ccccc12. The second kappa shape index (κ2) is 4.72. The third-order valence-electron chi connectivity index (χ3n) is 3.51. The highest BCUT2D eigenvalue weighted by molar-refractivity contribution is 6.09. The molecule has 0 aliphatic heterocycles. The fourth-order valence-electron chi connectivity index (χ4n) is 2.60. The van der Waals surface area contributed by atoms with Crippen LogP contribution in [-0.2, 0) is 0 Å². The maximum atomic E-state index is 8.85. The van der Waals surface area contributed by atoms with Gasteiger partial charge in [-0.3, -0.25) is 0 Å². The van der Waals surface area contributed by atoms with Crippen molar-refractivity contribution in [2.75, 3.05) is 0 Å². The maximum Gasteiger partial charge on any atom is 0.0641 e. The van der Waals surface area contributed by atoms with Gasteiger partial charge in [0.1, 0.15) is 0 Å². The highest BCUT2D eigenvalue weighted by Gasteiger charge is 2.11. The van der Waals surface area contributed by atoms with Crippen LogP contribution in [0.15, 0.2) is 54.6 Å². The van der Waals surface area contributed by atoms with Crippen molar-refractivity contribution in [2.45, 2.75) is 12.5 Å². The van der Waals surface area contributed by atoms with Gasteiger partial charge in [0.25, 0.3) is 0 Å². The van der Waals surface area contributed by atoms with Crippen LogP contribution in [0.25, 0.3) is 21.5 Å². The number of hydrogen-bond donors (Lipinski definition) is 1. The molecule has 0 saturated carbocycles.